The minimum Gasteiger partial charge on any atom is -0.496 e. The molecule has 25 heavy (non-hydrogen) atoms. The first-order chi connectivity index (χ1) is 12.1. The topological polar surface area (TPSA) is 39.7 Å². The molecule has 0 saturated heterocycles. The molecule has 0 spiro atoms. The van der Waals surface area contributed by atoms with E-state index in [1.165, 1.54) is 5.56 Å². The van der Waals surface area contributed by atoms with Gasteiger partial charge in [0.15, 0.2) is 0 Å². The maximum Gasteiger partial charge on any atom is 0.123 e. The molecule has 0 aromatic heterocycles. The van der Waals surface area contributed by atoms with Crippen molar-refractivity contribution in [1.82, 2.24) is 5.32 Å². The minimum absolute atomic E-state index is 0.386. The average molecular weight is 343 g/mol. The predicted octanol–water partition coefficient (Wildman–Crippen LogP) is 4.17. The van der Waals surface area contributed by atoms with Gasteiger partial charge in [0.1, 0.15) is 30.5 Å². The highest BCUT2D eigenvalue weighted by molar-refractivity contribution is 5.47. The van der Waals surface area contributed by atoms with E-state index in [1.807, 2.05) is 37.3 Å². The first-order valence-corrected chi connectivity index (χ1v) is 8.81. The molecule has 0 aliphatic carbocycles. The lowest BCUT2D eigenvalue weighted by atomic mass is 10.00. The van der Waals surface area contributed by atoms with Crippen LogP contribution >= 0.6 is 0 Å². The molecule has 2 aromatic rings. The molecule has 0 bridgehead atoms. The molecule has 0 aliphatic heterocycles. The van der Waals surface area contributed by atoms with Gasteiger partial charge in [-0.1, -0.05) is 32.0 Å². The van der Waals surface area contributed by atoms with Crippen LogP contribution in [0.15, 0.2) is 42.5 Å². The highest BCUT2D eigenvalue weighted by atomic mass is 16.5. The van der Waals surface area contributed by atoms with Crippen molar-refractivity contribution in [3.05, 3.63) is 53.6 Å². The first kappa shape index (κ1) is 19.1. The standard InChI is InChI=1S/C21H29NO3/c1-16(2)19-15-20(23-4)17(3)14-21(19)25-13-11-22-10-12-24-18-8-6-5-7-9-18/h5-9,14-16,22H,10-13H2,1-4H3. The van der Waals surface area contributed by atoms with E-state index in [0.29, 0.717) is 19.1 Å². The Morgan fingerprint density at radius 2 is 1.60 bits per heavy atom. The van der Waals surface area contributed by atoms with Crippen LogP contribution in [-0.4, -0.2) is 33.4 Å². The van der Waals surface area contributed by atoms with Crippen LogP contribution in [0.3, 0.4) is 0 Å². The van der Waals surface area contributed by atoms with Crippen LogP contribution in [0.5, 0.6) is 17.2 Å². The molecule has 1 N–H and O–H groups in total. The van der Waals surface area contributed by atoms with Crippen molar-refractivity contribution < 1.29 is 14.2 Å². The van der Waals surface area contributed by atoms with Gasteiger partial charge in [0.05, 0.1) is 7.11 Å². The number of benzene rings is 2. The predicted molar refractivity (Wildman–Crippen MR) is 102 cm³/mol. The fraction of sp³-hybridized carbons (Fsp3) is 0.429. The van der Waals surface area contributed by atoms with Gasteiger partial charge >= 0.3 is 0 Å². The third kappa shape index (κ3) is 5.98. The lowest BCUT2D eigenvalue weighted by molar-refractivity contribution is 0.286. The van der Waals surface area contributed by atoms with Gasteiger partial charge in [0.2, 0.25) is 0 Å². The van der Waals surface area contributed by atoms with Crippen LogP contribution in [0.25, 0.3) is 0 Å². The van der Waals surface area contributed by atoms with Crippen LogP contribution in [0, 0.1) is 6.92 Å². The highest BCUT2D eigenvalue weighted by Gasteiger charge is 2.12. The van der Waals surface area contributed by atoms with Gasteiger partial charge in [-0.15, -0.1) is 0 Å². The smallest absolute Gasteiger partial charge is 0.123 e. The Labute approximate surface area is 151 Å². The molecule has 0 atom stereocenters. The number of ether oxygens (including phenoxy) is 3. The molecule has 0 unspecified atom stereocenters. The molecular formula is C21H29NO3. The van der Waals surface area contributed by atoms with Gasteiger partial charge in [0, 0.05) is 18.7 Å². The largest absolute Gasteiger partial charge is 0.496 e. The molecule has 0 saturated carbocycles. The number of methoxy groups -OCH3 is 1. The van der Waals surface area contributed by atoms with Crippen LogP contribution in [0.4, 0.5) is 0 Å². The molecule has 4 nitrogen and oxygen atoms in total. The van der Waals surface area contributed by atoms with E-state index in [9.17, 15) is 0 Å². The van der Waals surface area contributed by atoms with Gasteiger partial charge in [-0.2, -0.15) is 0 Å². The normalized spacial score (nSPS) is 10.8. The van der Waals surface area contributed by atoms with E-state index in [-0.39, 0.29) is 0 Å². The van der Waals surface area contributed by atoms with Crippen molar-refractivity contribution in [2.24, 2.45) is 0 Å². The van der Waals surface area contributed by atoms with E-state index in [1.54, 1.807) is 7.11 Å². The second-order valence-corrected chi connectivity index (χ2v) is 6.27. The van der Waals surface area contributed by atoms with Crippen molar-refractivity contribution in [2.75, 3.05) is 33.4 Å². The summed E-state index contributed by atoms with van der Waals surface area (Å²) in [5.74, 6) is 3.13. The minimum atomic E-state index is 0.386. The zero-order valence-electron chi connectivity index (χ0n) is 15.7. The number of rotatable bonds is 10. The number of hydrogen-bond acceptors (Lipinski definition) is 4. The Bertz CT molecular complexity index is 641. The summed E-state index contributed by atoms with van der Waals surface area (Å²) in [4.78, 5) is 0. The number of para-hydroxylation sites is 1. The zero-order valence-corrected chi connectivity index (χ0v) is 15.7. The molecule has 0 radical (unpaired) electrons. The van der Waals surface area contributed by atoms with E-state index < -0.39 is 0 Å². The maximum atomic E-state index is 5.98. The SMILES string of the molecule is COc1cc(C(C)C)c(OCCNCCOc2ccccc2)cc1C. The molecular weight excluding hydrogens is 314 g/mol. The quantitative estimate of drug-likeness (QED) is 0.657. The third-order valence-electron chi connectivity index (χ3n) is 3.98. The number of aryl methyl sites for hydroxylation is 1. The second kappa shape index (κ2) is 9.94. The molecule has 2 rings (SSSR count). The van der Waals surface area contributed by atoms with Gasteiger partial charge in [0.25, 0.3) is 0 Å². The van der Waals surface area contributed by atoms with Crippen LogP contribution in [0.1, 0.15) is 30.9 Å². The Balaban J connectivity index is 1.73. The summed E-state index contributed by atoms with van der Waals surface area (Å²) in [5, 5.41) is 3.34. The summed E-state index contributed by atoms with van der Waals surface area (Å²) >= 11 is 0. The molecule has 4 heteroatoms. The average Bonchev–Trinajstić information content (AvgIpc) is 2.61. The Hall–Kier alpha value is -2.20. The fourth-order valence-electron chi connectivity index (χ4n) is 2.59. The number of nitrogens with one attached hydrogen (secondary N) is 1. The number of hydrogen-bond donors (Lipinski definition) is 1. The van der Waals surface area contributed by atoms with Crippen molar-refractivity contribution in [2.45, 2.75) is 26.7 Å². The molecule has 0 amide bonds. The van der Waals surface area contributed by atoms with E-state index in [0.717, 1.165) is 35.9 Å². The molecule has 0 heterocycles. The molecule has 0 aliphatic rings. The third-order valence-corrected chi connectivity index (χ3v) is 3.98. The lowest BCUT2D eigenvalue weighted by Gasteiger charge is -2.17. The van der Waals surface area contributed by atoms with E-state index in [4.69, 9.17) is 14.2 Å². The van der Waals surface area contributed by atoms with Crippen LogP contribution < -0.4 is 19.5 Å². The first-order valence-electron chi connectivity index (χ1n) is 8.81. The zero-order chi connectivity index (χ0) is 18.1. The molecule has 136 valence electrons. The van der Waals surface area contributed by atoms with Gasteiger partial charge in [-0.05, 0) is 42.7 Å². The van der Waals surface area contributed by atoms with E-state index in [2.05, 4.69) is 31.3 Å². The molecule has 2 aromatic carbocycles. The Kier molecular flexibility index (Phi) is 7.61. The van der Waals surface area contributed by atoms with Gasteiger partial charge in [-0.25, -0.2) is 0 Å². The Morgan fingerprint density at radius 3 is 2.24 bits per heavy atom. The molecule has 0 fully saturated rings. The Morgan fingerprint density at radius 1 is 0.920 bits per heavy atom. The lowest BCUT2D eigenvalue weighted by Crippen LogP contribution is -2.26. The van der Waals surface area contributed by atoms with Gasteiger partial charge in [-0.3, -0.25) is 0 Å². The van der Waals surface area contributed by atoms with Crippen molar-refractivity contribution in [3.63, 3.8) is 0 Å². The van der Waals surface area contributed by atoms with Crippen molar-refractivity contribution in [1.29, 1.82) is 0 Å². The maximum absolute atomic E-state index is 5.98. The summed E-state index contributed by atoms with van der Waals surface area (Å²) in [7, 11) is 1.70. The highest BCUT2D eigenvalue weighted by Crippen LogP contribution is 2.33. The summed E-state index contributed by atoms with van der Waals surface area (Å²) in [6.07, 6.45) is 0. The van der Waals surface area contributed by atoms with Crippen LogP contribution in [0.2, 0.25) is 0 Å². The summed E-state index contributed by atoms with van der Waals surface area (Å²) in [6.45, 7) is 9.19. The van der Waals surface area contributed by atoms with Crippen molar-refractivity contribution in [3.8, 4) is 17.2 Å². The summed E-state index contributed by atoms with van der Waals surface area (Å²) < 4.78 is 17.0. The van der Waals surface area contributed by atoms with Gasteiger partial charge < -0.3 is 19.5 Å². The van der Waals surface area contributed by atoms with E-state index >= 15 is 0 Å². The summed E-state index contributed by atoms with van der Waals surface area (Å²) in [6, 6.07) is 14.0. The fourth-order valence-corrected chi connectivity index (χ4v) is 2.59. The monoisotopic (exact) mass is 343 g/mol. The summed E-state index contributed by atoms with van der Waals surface area (Å²) in [5.41, 5.74) is 2.26. The van der Waals surface area contributed by atoms with Crippen LogP contribution in [-0.2, 0) is 0 Å². The van der Waals surface area contributed by atoms with Crippen molar-refractivity contribution >= 4 is 0 Å². The second-order valence-electron chi connectivity index (χ2n) is 6.27.